The molecule has 0 aliphatic heterocycles. The van der Waals surface area contributed by atoms with Crippen LogP contribution < -0.4 is 0 Å². The Morgan fingerprint density at radius 2 is 1.88 bits per heavy atom. The maximum Gasteiger partial charge on any atom is 0.310 e. The third kappa shape index (κ3) is 2.39. The molecule has 0 spiro atoms. The van der Waals surface area contributed by atoms with E-state index < -0.39 is 11.9 Å². The number of hydrogen-bond acceptors (Lipinski definition) is 2. The van der Waals surface area contributed by atoms with Gasteiger partial charge in [-0.3, -0.25) is 4.79 Å². The van der Waals surface area contributed by atoms with Gasteiger partial charge >= 0.3 is 5.97 Å². The quantitative estimate of drug-likeness (QED) is 0.891. The molecule has 1 aromatic heterocycles. The van der Waals surface area contributed by atoms with Gasteiger partial charge in [0.05, 0.1) is 5.92 Å². The van der Waals surface area contributed by atoms with Gasteiger partial charge in [0, 0.05) is 4.88 Å². The molecule has 0 unspecified atom stereocenters. The Morgan fingerprint density at radius 1 is 1.24 bits per heavy atom. The number of hydrogen-bond donors (Lipinski definition) is 1. The molecule has 3 heteroatoms. The van der Waals surface area contributed by atoms with Gasteiger partial charge in [0.2, 0.25) is 0 Å². The lowest BCUT2D eigenvalue weighted by Crippen LogP contribution is -2.06. The van der Waals surface area contributed by atoms with Crippen LogP contribution in [0.3, 0.4) is 0 Å². The highest BCUT2D eigenvalue weighted by molar-refractivity contribution is 7.13. The predicted octanol–water partition coefficient (Wildman–Crippen LogP) is 3.91. The van der Waals surface area contributed by atoms with Crippen molar-refractivity contribution < 1.29 is 9.90 Å². The van der Waals surface area contributed by atoms with Crippen molar-refractivity contribution in [3.8, 4) is 10.4 Å². The van der Waals surface area contributed by atoms with E-state index in [1.807, 2.05) is 24.3 Å². The fourth-order valence-corrected chi connectivity index (χ4v) is 2.67. The molecule has 0 aliphatic rings. The van der Waals surface area contributed by atoms with Crippen LogP contribution in [0.5, 0.6) is 0 Å². The van der Waals surface area contributed by atoms with Crippen molar-refractivity contribution in [2.24, 2.45) is 0 Å². The second kappa shape index (κ2) is 4.72. The molecule has 1 atom stereocenters. The highest BCUT2D eigenvalue weighted by Gasteiger charge is 2.13. The van der Waals surface area contributed by atoms with Crippen molar-refractivity contribution in [1.29, 1.82) is 0 Å². The number of rotatable bonds is 3. The highest BCUT2D eigenvalue weighted by atomic mass is 32.1. The zero-order chi connectivity index (χ0) is 12.4. The van der Waals surface area contributed by atoms with E-state index in [0.717, 1.165) is 11.1 Å². The summed E-state index contributed by atoms with van der Waals surface area (Å²) in [4.78, 5) is 12.1. The molecular weight excluding hydrogens is 232 g/mol. The van der Waals surface area contributed by atoms with Crippen LogP contribution in [0, 0.1) is 6.92 Å². The summed E-state index contributed by atoms with van der Waals surface area (Å²) in [6, 6.07) is 9.87. The van der Waals surface area contributed by atoms with E-state index in [1.165, 1.54) is 10.4 Å². The summed E-state index contributed by atoms with van der Waals surface area (Å²) in [5.74, 6) is -1.24. The van der Waals surface area contributed by atoms with E-state index in [1.54, 1.807) is 18.3 Å². The molecule has 0 fully saturated rings. The van der Waals surface area contributed by atoms with Crippen molar-refractivity contribution in [3.05, 3.63) is 46.8 Å². The summed E-state index contributed by atoms with van der Waals surface area (Å²) < 4.78 is 0. The molecular formula is C14H14O2S. The first kappa shape index (κ1) is 11.9. The van der Waals surface area contributed by atoms with Crippen molar-refractivity contribution >= 4 is 17.3 Å². The second-order valence-corrected chi connectivity index (χ2v) is 5.03. The Balaban J connectivity index is 2.31. The number of carboxylic acid groups (broad SMARTS) is 1. The minimum Gasteiger partial charge on any atom is -0.481 e. The van der Waals surface area contributed by atoms with E-state index in [-0.39, 0.29) is 0 Å². The normalized spacial score (nSPS) is 12.4. The molecule has 0 saturated carbocycles. The van der Waals surface area contributed by atoms with Crippen LogP contribution in [-0.2, 0) is 4.79 Å². The molecule has 0 saturated heterocycles. The van der Waals surface area contributed by atoms with Crippen molar-refractivity contribution in [3.63, 3.8) is 0 Å². The van der Waals surface area contributed by atoms with Crippen LogP contribution in [0.4, 0.5) is 0 Å². The van der Waals surface area contributed by atoms with Gasteiger partial charge in [0.25, 0.3) is 0 Å². The molecule has 2 aromatic rings. The molecule has 0 amide bonds. The lowest BCUT2D eigenvalue weighted by Gasteiger charge is -2.07. The van der Waals surface area contributed by atoms with Gasteiger partial charge in [-0.25, -0.2) is 0 Å². The van der Waals surface area contributed by atoms with Gasteiger partial charge in [-0.2, -0.15) is 0 Å². The fourth-order valence-electron chi connectivity index (χ4n) is 1.73. The highest BCUT2D eigenvalue weighted by Crippen LogP contribution is 2.30. The van der Waals surface area contributed by atoms with Gasteiger partial charge in [-0.05, 0) is 42.0 Å². The summed E-state index contributed by atoms with van der Waals surface area (Å²) in [7, 11) is 0. The lowest BCUT2D eigenvalue weighted by molar-refractivity contribution is -0.138. The Morgan fingerprint density at radius 3 is 2.35 bits per heavy atom. The maximum atomic E-state index is 10.9. The molecule has 88 valence electrons. The topological polar surface area (TPSA) is 37.3 Å². The third-order valence-electron chi connectivity index (χ3n) is 2.91. The van der Waals surface area contributed by atoms with Gasteiger partial charge in [-0.15, -0.1) is 11.3 Å². The minimum atomic E-state index is -0.787. The largest absolute Gasteiger partial charge is 0.481 e. The van der Waals surface area contributed by atoms with Crippen molar-refractivity contribution in [2.45, 2.75) is 19.8 Å². The fraction of sp³-hybridized carbons (Fsp3) is 0.214. The number of thiophene rings is 1. The number of benzene rings is 1. The summed E-state index contributed by atoms with van der Waals surface area (Å²) in [6.45, 7) is 3.79. The number of aliphatic carboxylic acids is 1. The van der Waals surface area contributed by atoms with Crippen LogP contribution in [0.1, 0.15) is 24.0 Å². The SMILES string of the molecule is Cc1ccsc1-c1ccc([C@@H](C)C(=O)O)cc1. The summed E-state index contributed by atoms with van der Waals surface area (Å²) in [6.07, 6.45) is 0. The first-order chi connectivity index (χ1) is 8.09. The Kier molecular flexibility index (Phi) is 3.29. The number of carbonyl (C=O) groups is 1. The number of carboxylic acids is 1. The first-order valence-corrected chi connectivity index (χ1v) is 6.35. The second-order valence-electron chi connectivity index (χ2n) is 4.11. The summed E-state index contributed by atoms with van der Waals surface area (Å²) in [5.41, 5.74) is 3.25. The van der Waals surface area contributed by atoms with E-state index in [2.05, 4.69) is 18.4 Å². The Bertz CT molecular complexity index is 525. The van der Waals surface area contributed by atoms with Crippen molar-refractivity contribution in [2.75, 3.05) is 0 Å². The van der Waals surface area contributed by atoms with Gasteiger partial charge in [0.15, 0.2) is 0 Å². The Hall–Kier alpha value is -1.61. The van der Waals surface area contributed by atoms with E-state index in [9.17, 15) is 4.79 Å². The molecule has 1 N–H and O–H groups in total. The molecule has 1 aromatic carbocycles. The summed E-state index contributed by atoms with van der Waals surface area (Å²) in [5, 5.41) is 11.0. The molecule has 2 rings (SSSR count). The van der Waals surface area contributed by atoms with E-state index in [0.29, 0.717) is 0 Å². The monoisotopic (exact) mass is 246 g/mol. The van der Waals surface area contributed by atoms with Crippen LogP contribution >= 0.6 is 11.3 Å². The molecule has 2 nitrogen and oxygen atoms in total. The predicted molar refractivity (Wildman–Crippen MR) is 70.5 cm³/mol. The molecule has 0 aliphatic carbocycles. The van der Waals surface area contributed by atoms with Crippen LogP contribution in [0.25, 0.3) is 10.4 Å². The Labute approximate surface area is 105 Å². The van der Waals surface area contributed by atoms with Gasteiger partial charge in [-0.1, -0.05) is 24.3 Å². The van der Waals surface area contributed by atoms with Crippen LogP contribution in [0.2, 0.25) is 0 Å². The van der Waals surface area contributed by atoms with Gasteiger partial charge < -0.3 is 5.11 Å². The van der Waals surface area contributed by atoms with Crippen LogP contribution in [-0.4, -0.2) is 11.1 Å². The van der Waals surface area contributed by atoms with Crippen LogP contribution in [0.15, 0.2) is 35.7 Å². The molecule has 0 bridgehead atoms. The maximum absolute atomic E-state index is 10.9. The standard InChI is InChI=1S/C14H14O2S/c1-9-7-8-17-13(9)12-5-3-11(4-6-12)10(2)14(15)16/h3-8,10H,1-2H3,(H,15,16)/t10-/m1/s1. The lowest BCUT2D eigenvalue weighted by atomic mass is 9.99. The third-order valence-corrected chi connectivity index (χ3v) is 3.97. The average molecular weight is 246 g/mol. The molecule has 0 radical (unpaired) electrons. The average Bonchev–Trinajstić information content (AvgIpc) is 2.74. The minimum absolute atomic E-state index is 0.450. The van der Waals surface area contributed by atoms with E-state index >= 15 is 0 Å². The summed E-state index contributed by atoms with van der Waals surface area (Å²) >= 11 is 1.71. The molecule has 1 heterocycles. The van der Waals surface area contributed by atoms with Gasteiger partial charge in [0.1, 0.15) is 0 Å². The molecule has 17 heavy (non-hydrogen) atoms. The zero-order valence-corrected chi connectivity index (χ0v) is 10.6. The van der Waals surface area contributed by atoms with Crippen molar-refractivity contribution in [1.82, 2.24) is 0 Å². The number of aryl methyl sites for hydroxylation is 1. The zero-order valence-electron chi connectivity index (χ0n) is 9.81. The first-order valence-electron chi connectivity index (χ1n) is 5.47. The smallest absolute Gasteiger partial charge is 0.310 e. The van der Waals surface area contributed by atoms with E-state index in [4.69, 9.17) is 5.11 Å².